The second-order valence-electron chi connectivity index (χ2n) is 8.08. The van der Waals surface area contributed by atoms with Gasteiger partial charge in [0.2, 0.25) is 0 Å². The third-order valence-corrected chi connectivity index (χ3v) is 5.81. The Morgan fingerprint density at radius 2 is 1.85 bits per heavy atom. The average molecular weight is 458 g/mol. The summed E-state index contributed by atoms with van der Waals surface area (Å²) in [7, 11) is 1.66. The summed E-state index contributed by atoms with van der Waals surface area (Å²) in [5.41, 5.74) is 0.635. The Hall–Kier alpha value is -3.26. The van der Waals surface area contributed by atoms with Crippen LogP contribution in [-0.4, -0.2) is 37.0 Å². The number of halogens is 3. The summed E-state index contributed by atoms with van der Waals surface area (Å²) in [6.45, 7) is 2.44. The van der Waals surface area contributed by atoms with Gasteiger partial charge in [-0.25, -0.2) is 0 Å². The number of hydrogen-bond donors (Lipinski definition) is 1. The van der Waals surface area contributed by atoms with Crippen LogP contribution >= 0.6 is 0 Å². The number of hydrogen-bond acceptors (Lipinski definition) is 4. The molecule has 4 rings (SSSR count). The summed E-state index contributed by atoms with van der Waals surface area (Å²) in [6.07, 6.45) is -2.85. The van der Waals surface area contributed by atoms with E-state index < -0.39 is 11.7 Å². The number of benzene rings is 2. The molecule has 0 saturated carbocycles. The van der Waals surface area contributed by atoms with Gasteiger partial charge in [-0.3, -0.25) is 9.69 Å². The molecule has 1 amide bonds. The molecular weight excluding hydrogens is 433 g/mol. The van der Waals surface area contributed by atoms with Crippen molar-refractivity contribution in [2.45, 2.75) is 31.6 Å². The van der Waals surface area contributed by atoms with Crippen molar-refractivity contribution in [1.82, 2.24) is 10.2 Å². The molecule has 8 heteroatoms. The third kappa shape index (κ3) is 5.57. The minimum absolute atomic E-state index is 0.00789. The molecule has 0 atom stereocenters. The van der Waals surface area contributed by atoms with Crippen molar-refractivity contribution in [1.29, 1.82) is 0 Å². The number of alkyl halides is 3. The van der Waals surface area contributed by atoms with Crippen LogP contribution in [0.25, 0.3) is 11.3 Å². The minimum atomic E-state index is -4.44. The maximum atomic E-state index is 13.0. The van der Waals surface area contributed by atoms with Gasteiger partial charge in [0, 0.05) is 36.8 Å². The van der Waals surface area contributed by atoms with E-state index in [0.29, 0.717) is 0 Å². The first-order chi connectivity index (χ1) is 15.8. The number of carbonyl (C=O) groups is 1. The van der Waals surface area contributed by atoms with Crippen LogP contribution in [0.2, 0.25) is 0 Å². The third-order valence-electron chi connectivity index (χ3n) is 5.81. The highest BCUT2D eigenvalue weighted by atomic mass is 19.4. The highest BCUT2D eigenvalue weighted by Crippen LogP contribution is 2.32. The summed E-state index contributed by atoms with van der Waals surface area (Å²) in [4.78, 5) is 14.9. The number of rotatable bonds is 6. The van der Waals surface area contributed by atoms with E-state index in [4.69, 9.17) is 9.15 Å². The van der Waals surface area contributed by atoms with Gasteiger partial charge in [0.25, 0.3) is 5.91 Å². The Bertz CT molecular complexity index is 1100. The fourth-order valence-electron chi connectivity index (χ4n) is 4.03. The molecule has 3 aromatic rings. The molecule has 5 nitrogen and oxygen atoms in total. The van der Waals surface area contributed by atoms with Crippen molar-refractivity contribution >= 4 is 5.91 Å². The number of furan rings is 1. The van der Waals surface area contributed by atoms with Crippen molar-refractivity contribution in [3.63, 3.8) is 0 Å². The van der Waals surface area contributed by atoms with Crippen LogP contribution in [0.15, 0.2) is 65.1 Å². The number of piperidine rings is 1. The van der Waals surface area contributed by atoms with E-state index in [0.717, 1.165) is 55.9 Å². The van der Waals surface area contributed by atoms with Crippen LogP contribution < -0.4 is 10.1 Å². The van der Waals surface area contributed by atoms with E-state index in [9.17, 15) is 18.0 Å². The quantitative estimate of drug-likeness (QED) is 0.540. The summed E-state index contributed by atoms with van der Waals surface area (Å²) in [5, 5.41) is 2.98. The normalized spacial score (nSPS) is 15.4. The number of methoxy groups -OCH3 is 1. The lowest BCUT2D eigenvalue weighted by molar-refractivity contribution is -0.137. The molecule has 1 aliphatic rings. The van der Waals surface area contributed by atoms with E-state index in [1.54, 1.807) is 7.11 Å². The zero-order valence-electron chi connectivity index (χ0n) is 18.2. The van der Waals surface area contributed by atoms with E-state index >= 15 is 0 Å². The van der Waals surface area contributed by atoms with E-state index in [2.05, 4.69) is 10.2 Å². The molecule has 0 bridgehead atoms. The predicted molar refractivity (Wildman–Crippen MR) is 118 cm³/mol. The SMILES string of the molecule is COc1ccccc1CN1CCC(NC(=O)c2ccc(-c3cccc(C(F)(F)F)c3)o2)CC1. The molecule has 1 N–H and O–H groups in total. The van der Waals surface area contributed by atoms with Crippen molar-refractivity contribution in [2.75, 3.05) is 20.2 Å². The van der Waals surface area contributed by atoms with Gasteiger partial charge in [-0.05, 0) is 43.2 Å². The standard InChI is InChI=1S/C25H25F3N2O3/c1-32-21-8-3-2-5-18(21)16-30-13-11-20(12-14-30)29-24(31)23-10-9-22(33-23)17-6-4-7-19(15-17)25(26,27)28/h2-10,15,20H,11-14,16H2,1H3,(H,29,31). The van der Waals surface area contributed by atoms with E-state index in [-0.39, 0.29) is 29.0 Å². The molecular formula is C25H25F3N2O3. The van der Waals surface area contributed by atoms with Gasteiger partial charge < -0.3 is 14.5 Å². The lowest BCUT2D eigenvalue weighted by Crippen LogP contribution is -2.44. The molecule has 2 aromatic carbocycles. The number of nitrogens with one attached hydrogen (secondary N) is 1. The van der Waals surface area contributed by atoms with Gasteiger partial charge >= 0.3 is 6.18 Å². The zero-order valence-corrected chi connectivity index (χ0v) is 18.2. The molecule has 1 aromatic heterocycles. The van der Waals surface area contributed by atoms with Gasteiger partial charge in [-0.15, -0.1) is 0 Å². The lowest BCUT2D eigenvalue weighted by Gasteiger charge is -2.32. The Kier molecular flexibility index (Phi) is 6.74. The average Bonchev–Trinajstić information content (AvgIpc) is 3.31. The number of nitrogens with zero attached hydrogens (tertiary/aromatic N) is 1. The van der Waals surface area contributed by atoms with Crippen LogP contribution in [0.5, 0.6) is 5.75 Å². The van der Waals surface area contributed by atoms with Gasteiger partial charge in [-0.1, -0.05) is 30.3 Å². The first-order valence-electron chi connectivity index (χ1n) is 10.8. The summed E-state index contributed by atoms with van der Waals surface area (Å²) < 4.78 is 49.9. The van der Waals surface area contributed by atoms with Crippen molar-refractivity contribution < 1.29 is 27.1 Å². The fourth-order valence-corrected chi connectivity index (χ4v) is 4.03. The largest absolute Gasteiger partial charge is 0.496 e. The molecule has 1 aliphatic heterocycles. The predicted octanol–water partition coefficient (Wildman–Crippen LogP) is 5.37. The highest BCUT2D eigenvalue weighted by Gasteiger charge is 2.31. The lowest BCUT2D eigenvalue weighted by atomic mass is 10.0. The first kappa shape index (κ1) is 22.9. The molecule has 0 radical (unpaired) electrons. The van der Waals surface area contributed by atoms with E-state index in [1.807, 2.05) is 24.3 Å². The second kappa shape index (κ2) is 9.70. The minimum Gasteiger partial charge on any atom is -0.496 e. The summed E-state index contributed by atoms with van der Waals surface area (Å²) >= 11 is 0. The Labute approximate surface area is 190 Å². The van der Waals surface area contributed by atoms with Crippen molar-refractivity contribution in [3.8, 4) is 17.1 Å². The maximum Gasteiger partial charge on any atom is 0.416 e. The van der Waals surface area contributed by atoms with Crippen LogP contribution in [-0.2, 0) is 12.7 Å². The van der Waals surface area contributed by atoms with Crippen LogP contribution in [0.4, 0.5) is 13.2 Å². The molecule has 33 heavy (non-hydrogen) atoms. The molecule has 0 unspecified atom stereocenters. The van der Waals surface area contributed by atoms with Gasteiger partial charge in [0.1, 0.15) is 11.5 Å². The highest BCUT2D eigenvalue weighted by molar-refractivity contribution is 5.92. The molecule has 0 spiro atoms. The fraction of sp³-hybridized carbons (Fsp3) is 0.320. The summed E-state index contributed by atoms with van der Waals surface area (Å²) in [6, 6.07) is 15.8. The van der Waals surface area contributed by atoms with Crippen LogP contribution in [0, 0.1) is 0 Å². The monoisotopic (exact) mass is 458 g/mol. The first-order valence-corrected chi connectivity index (χ1v) is 10.8. The molecule has 2 heterocycles. The Balaban J connectivity index is 1.32. The molecule has 0 aliphatic carbocycles. The molecule has 1 fully saturated rings. The Morgan fingerprint density at radius 3 is 2.58 bits per heavy atom. The number of amides is 1. The van der Waals surface area contributed by atoms with Crippen molar-refractivity contribution in [3.05, 3.63) is 77.6 Å². The number of ether oxygens (including phenoxy) is 1. The maximum absolute atomic E-state index is 13.0. The smallest absolute Gasteiger partial charge is 0.416 e. The zero-order chi connectivity index (χ0) is 23.4. The molecule has 1 saturated heterocycles. The van der Waals surface area contributed by atoms with Crippen LogP contribution in [0.3, 0.4) is 0 Å². The second-order valence-corrected chi connectivity index (χ2v) is 8.08. The van der Waals surface area contributed by atoms with E-state index in [1.165, 1.54) is 24.3 Å². The summed E-state index contributed by atoms with van der Waals surface area (Å²) in [5.74, 6) is 0.801. The van der Waals surface area contributed by atoms with Crippen molar-refractivity contribution in [2.24, 2.45) is 0 Å². The molecule has 174 valence electrons. The van der Waals surface area contributed by atoms with Gasteiger partial charge in [-0.2, -0.15) is 13.2 Å². The Morgan fingerprint density at radius 1 is 1.09 bits per heavy atom. The topological polar surface area (TPSA) is 54.7 Å². The van der Waals surface area contributed by atoms with Crippen LogP contribution in [0.1, 0.15) is 34.5 Å². The van der Waals surface area contributed by atoms with Gasteiger partial charge in [0.15, 0.2) is 5.76 Å². The number of likely N-dealkylation sites (tertiary alicyclic amines) is 1. The number of carbonyl (C=O) groups excluding carboxylic acids is 1. The van der Waals surface area contributed by atoms with Gasteiger partial charge in [0.05, 0.1) is 12.7 Å². The number of para-hydroxylation sites is 1.